The third kappa shape index (κ3) is 3.94. The molecule has 1 aliphatic rings. The number of amides is 1. The number of rotatable bonds is 4. The van der Waals surface area contributed by atoms with Crippen LogP contribution in [0.4, 0.5) is 0 Å². The lowest BCUT2D eigenvalue weighted by molar-refractivity contribution is 0.0933. The van der Waals surface area contributed by atoms with E-state index in [-0.39, 0.29) is 11.9 Å². The molecule has 4 nitrogen and oxygen atoms in total. The van der Waals surface area contributed by atoms with Gasteiger partial charge in [0.2, 0.25) is 0 Å². The van der Waals surface area contributed by atoms with E-state index in [1.165, 1.54) is 11.3 Å². The number of hydrogen-bond donors (Lipinski definition) is 1. The van der Waals surface area contributed by atoms with Gasteiger partial charge in [-0.1, -0.05) is 57.9 Å². The molecule has 6 heteroatoms. The summed E-state index contributed by atoms with van der Waals surface area (Å²) in [6.07, 6.45) is 4.80. The lowest BCUT2D eigenvalue weighted by atomic mass is 9.92. The molecule has 0 saturated carbocycles. The summed E-state index contributed by atoms with van der Waals surface area (Å²) < 4.78 is 2.90. The molecule has 0 saturated heterocycles. The molecule has 1 N–H and O–H groups in total. The molecule has 138 valence electrons. The largest absolute Gasteiger partial charge is 0.345 e. The van der Waals surface area contributed by atoms with E-state index < -0.39 is 0 Å². The van der Waals surface area contributed by atoms with Crippen LogP contribution in [0.2, 0.25) is 5.02 Å². The van der Waals surface area contributed by atoms with Crippen molar-refractivity contribution in [2.75, 3.05) is 0 Å². The fourth-order valence-electron chi connectivity index (χ4n) is 3.57. The van der Waals surface area contributed by atoms with Gasteiger partial charge < -0.3 is 5.32 Å². The molecule has 2 aromatic carbocycles. The van der Waals surface area contributed by atoms with Crippen LogP contribution in [-0.4, -0.2) is 15.7 Å². The summed E-state index contributed by atoms with van der Waals surface area (Å²) in [5.74, 6) is -0.152. The van der Waals surface area contributed by atoms with E-state index in [9.17, 15) is 4.79 Å². The molecule has 1 unspecified atom stereocenters. The number of fused-ring (bicyclic) bond motifs is 1. The maximum atomic E-state index is 12.7. The first-order valence-electron chi connectivity index (χ1n) is 8.96. The lowest BCUT2D eigenvalue weighted by Gasteiger charge is -2.24. The monoisotopic (exact) mass is 443 g/mol. The van der Waals surface area contributed by atoms with Gasteiger partial charge in [-0.05, 0) is 43.0 Å². The first-order chi connectivity index (χ1) is 13.1. The molecule has 0 radical (unpaired) electrons. The van der Waals surface area contributed by atoms with Crippen molar-refractivity contribution in [2.45, 2.75) is 31.8 Å². The lowest BCUT2D eigenvalue weighted by Crippen LogP contribution is -2.31. The Hall–Kier alpha value is -2.11. The highest BCUT2D eigenvalue weighted by Gasteiger charge is 2.26. The summed E-state index contributed by atoms with van der Waals surface area (Å²) in [6.45, 7) is 0.745. The first-order valence-corrected chi connectivity index (χ1v) is 10.1. The van der Waals surface area contributed by atoms with Crippen LogP contribution in [0, 0.1) is 0 Å². The van der Waals surface area contributed by atoms with Crippen LogP contribution in [0.1, 0.15) is 46.1 Å². The summed E-state index contributed by atoms with van der Waals surface area (Å²) in [5, 5.41) is 8.16. The molecule has 0 spiro atoms. The highest BCUT2D eigenvalue weighted by Crippen LogP contribution is 2.31. The van der Waals surface area contributed by atoms with Crippen molar-refractivity contribution in [3.05, 3.63) is 86.6 Å². The number of aromatic nitrogens is 2. The predicted octanol–water partition coefficient (Wildman–Crippen LogP) is 5.15. The summed E-state index contributed by atoms with van der Waals surface area (Å²) in [4.78, 5) is 12.7. The molecule has 0 fully saturated rings. The molecule has 1 atom stereocenters. The molecule has 0 bridgehead atoms. The van der Waals surface area contributed by atoms with Crippen LogP contribution in [-0.2, 0) is 13.0 Å². The maximum absolute atomic E-state index is 12.7. The van der Waals surface area contributed by atoms with Crippen LogP contribution in [0.5, 0.6) is 0 Å². The van der Waals surface area contributed by atoms with Gasteiger partial charge in [0.1, 0.15) is 0 Å². The SMILES string of the molecule is O=C(NC1CCCc2c1cnn2Cc1ccccc1)c1ccc(Br)cc1Cl. The Morgan fingerprint density at radius 3 is 2.85 bits per heavy atom. The Morgan fingerprint density at radius 2 is 2.07 bits per heavy atom. The zero-order valence-corrected chi connectivity index (χ0v) is 17.0. The van der Waals surface area contributed by atoms with Gasteiger partial charge in [-0.15, -0.1) is 0 Å². The molecular formula is C21H19BrClN3O. The molecule has 1 aliphatic carbocycles. The van der Waals surface area contributed by atoms with E-state index in [2.05, 4.69) is 43.2 Å². The fourth-order valence-corrected chi connectivity index (χ4v) is 4.33. The highest BCUT2D eigenvalue weighted by molar-refractivity contribution is 9.10. The number of carbonyl (C=O) groups is 1. The average molecular weight is 445 g/mol. The number of nitrogens with one attached hydrogen (secondary N) is 1. The highest BCUT2D eigenvalue weighted by atomic mass is 79.9. The molecule has 4 rings (SSSR count). The van der Waals surface area contributed by atoms with Gasteiger partial charge in [0.25, 0.3) is 5.91 Å². The van der Waals surface area contributed by atoms with Crippen molar-refractivity contribution in [2.24, 2.45) is 0 Å². The molecule has 0 aliphatic heterocycles. The Balaban J connectivity index is 1.54. The standard InChI is InChI=1S/C21H19BrClN3O/c22-15-9-10-16(18(23)11-15)21(27)25-19-7-4-8-20-17(19)12-24-26(20)13-14-5-2-1-3-6-14/h1-3,5-6,9-12,19H,4,7-8,13H2,(H,25,27). The van der Waals surface area contributed by atoms with Gasteiger partial charge in [0.05, 0.1) is 29.4 Å². The molecule has 1 aromatic heterocycles. The van der Waals surface area contributed by atoms with Gasteiger partial charge in [-0.25, -0.2) is 0 Å². The quantitative estimate of drug-likeness (QED) is 0.604. The van der Waals surface area contributed by atoms with Crippen molar-refractivity contribution in [3.8, 4) is 0 Å². The minimum Gasteiger partial charge on any atom is -0.345 e. The van der Waals surface area contributed by atoms with Crippen molar-refractivity contribution in [3.63, 3.8) is 0 Å². The minimum atomic E-state index is -0.152. The number of hydrogen-bond acceptors (Lipinski definition) is 2. The number of benzene rings is 2. The van der Waals surface area contributed by atoms with Crippen molar-refractivity contribution < 1.29 is 4.79 Å². The Morgan fingerprint density at radius 1 is 1.26 bits per heavy atom. The predicted molar refractivity (Wildman–Crippen MR) is 110 cm³/mol. The fraction of sp³-hybridized carbons (Fsp3) is 0.238. The summed E-state index contributed by atoms with van der Waals surface area (Å²) in [6, 6.07) is 15.6. The number of carbonyl (C=O) groups excluding carboxylic acids is 1. The topological polar surface area (TPSA) is 46.9 Å². The Labute approximate surface area is 171 Å². The average Bonchev–Trinajstić information content (AvgIpc) is 3.06. The zero-order valence-electron chi connectivity index (χ0n) is 14.7. The number of halogens is 2. The second kappa shape index (κ2) is 7.87. The normalized spacial score (nSPS) is 16.0. The minimum absolute atomic E-state index is 0.0366. The van der Waals surface area contributed by atoms with E-state index >= 15 is 0 Å². The van der Waals surface area contributed by atoms with Crippen molar-refractivity contribution in [1.82, 2.24) is 15.1 Å². The van der Waals surface area contributed by atoms with Gasteiger partial charge >= 0.3 is 0 Å². The van der Waals surface area contributed by atoms with Gasteiger partial charge in [-0.3, -0.25) is 9.48 Å². The smallest absolute Gasteiger partial charge is 0.253 e. The first kappa shape index (κ1) is 18.3. The van der Waals surface area contributed by atoms with Crippen LogP contribution >= 0.6 is 27.5 Å². The molecule has 1 amide bonds. The van der Waals surface area contributed by atoms with Gasteiger partial charge in [0.15, 0.2) is 0 Å². The van der Waals surface area contributed by atoms with Crippen LogP contribution in [0.25, 0.3) is 0 Å². The Kier molecular flexibility index (Phi) is 5.32. The van der Waals surface area contributed by atoms with Gasteiger partial charge in [-0.2, -0.15) is 5.10 Å². The maximum Gasteiger partial charge on any atom is 0.253 e. The summed E-state index contributed by atoms with van der Waals surface area (Å²) in [7, 11) is 0. The molecule has 27 heavy (non-hydrogen) atoms. The summed E-state index contributed by atoms with van der Waals surface area (Å²) >= 11 is 9.60. The third-order valence-corrected chi connectivity index (χ3v) is 5.73. The van der Waals surface area contributed by atoms with Gasteiger partial charge in [0, 0.05) is 15.7 Å². The second-order valence-electron chi connectivity index (χ2n) is 6.73. The van der Waals surface area contributed by atoms with E-state index in [4.69, 9.17) is 11.6 Å². The Bertz CT molecular complexity index is 971. The van der Waals surface area contributed by atoms with Crippen LogP contribution in [0.15, 0.2) is 59.2 Å². The number of nitrogens with zero attached hydrogens (tertiary/aromatic N) is 2. The van der Waals surface area contributed by atoms with Crippen LogP contribution < -0.4 is 5.32 Å². The third-order valence-electron chi connectivity index (χ3n) is 4.92. The van der Waals surface area contributed by atoms with Crippen molar-refractivity contribution >= 4 is 33.4 Å². The molecular weight excluding hydrogens is 426 g/mol. The second-order valence-corrected chi connectivity index (χ2v) is 8.06. The molecule has 1 heterocycles. The van der Waals surface area contributed by atoms with E-state index in [1.807, 2.05) is 30.5 Å². The van der Waals surface area contributed by atoms with E-state index in [0.29, 0.717) is 10.6 Å². The van der Waals surface area contributed by atoms with E-state index in [0.717, 1.165) is 35.8 Å². The zero-order chi connectivity index (χ0) is 18.8. The van der Waals surface area contributed by atoms with Crippen molar-refractivity contribution in [1.29, 1.82) is 0 Å². The van der Waals surface area contributed by atoms with E-state index in [1.54, 1.807) is 12.1 Å². The summed E-state index contributed by atoms with van der Waals surface area (Å²) in [5.41, 5.74) is 4.02. The molecule has 3 aromatic rings. The van der Waals surface area contributed by atoms with Crippen LogP contribution in [0.3, 0.4) is 0 Å².